The molecular formula is C16H13BrN4O. The van der Waals surface area contributed by atoms with Gasteiger partial charge in [-0.15, -0.1) is 0 Å². The van der Waals surface area contributed by atoms with Crippen LogP contribution >= 0.6 is 15.9 Å². The molecule has 1 N–H and O–H groups in total. The summed E-state index contributed by atoms with van der Waals surface area (Å²) in [5.41, 5.74) is 2.87. The van der Waals surface area contributed by atoms with Gasteiger partial charge in [-0.1, -0.05) is 15.9 Å². The van der Waals surface area contributed by atoms with Gasteiger partial charge in [0.1, 0.15) is 0 Å². The number of anilines is 1. The maximum Gasteiger partial charge on any atom is 0.259 e. The van der Waals surface area contributed by atoms with Crippen LogP contribution in [0.25, 0.3) is 5.69 Å². The van der Waals surface area contributed by atoms with Crippen molar-refractivity contribution >= 4 is 27.5 Å². The molecule has 0 radical (unpaired) electrons. The van der Waals surface area contributed by atoms with Gasteiger partial charge < -0.3 is 5.32 Å². The number of carbonyl (C=O) groups excluding carboxylic acids is 1. The Bertz CT molecular complexity index is 797. The van der Waals surface area contributed by atoms with Crippen molar-refractivity contribution in [3.63, 3.8) is 0 Å². The molecule has 1 aromatic carbocycles. The first-order chi connectivity index (χ1) is 10.6. The van der Waals surface area contributed by atoms with Gasteiger partial charge in [0.05, 0.1) is 35.0 Å². The van der Waals surface area contributed by atoms with Crippen LogP contribution in [-0.2, 0) is 0 Å². The average Bonchev–Trinajstić information content (AvgIpc) is 2.91. The van der Waals surface area contributed by atoms with Gasteiger partial charge in [-0.05, 0) is 43.3 Å². The van der Waals surface area contributed by atoms with Gasteiger partial charge in [-0.3, -0.25) is 9.78 Å². The molecular weight excluding hydrogens is 344 g/mol. The van der Waals surface area contributed by atoms with E-state index in [0.29, 0.717) is 11.3 Å². The van der Waals surface area contributed by atoms with Crippen molar-refractivity contribution in [2.24, 2.45) is 0 Å². The molecule has 2 heterocycles. The molecule has 0 saturated heterocycles. The van der Waals surface area contributed by atoms with E-state index in [-0.39, 0.29) is 5.91 Å². The van der Waals surface area contributed by atoms with Crippen molar-refractivity contribution in [1.29, 1.82) is 0 Å². The van der Waals surface area contributed by atoms with Crippen LogP contribution in [0.3, 0.4) is 0 Å². The summed E-state index contributed by atoms with van der Waals surface area (Å²) in [7, 11) is 0. The molecule has 0 saturated carbocycles. The minimum atomic E-state index is -0.200. The van der Waals surface area contributed by atoms with Crippen LogP contribution in [0.2, 0.25) is 0 Å². The second kappa shape index (κ2) is 6.11. The van der Waals surface area contributed by atoms with Gasteiger partial charge in [-0.25, -0.2) is 4.68 Å². The van der Waals surface area contributed by atoms with Crippen LogP contribution in [-0.4, -0.2) is 20.7 Å². The number of hydrogen-bond acceptors (Lipinski definition) is 3. The second-order valence-electron chi connectivity index (χ2n) is 4.73. The SMILES string of the molecule is Cc1c(C(=O)Nc2cccnc2)cnn1-c1ccc(Br)cc1. The van der Waals surface area contributed by atoms with E-state index < -0.39 is 0 Å². The zero-order valence-electron chi connectivity index (χ0n) is 11.8. The molecule has 1 amide bonds. The number of aromatic nitrogens is 3. The molecule has 0 unspecified atom stereocenters. The Morgan fingerprint density at radius 3 is 2.64 bits per heavy atom. The third kappa shape index (κ3) is 2.92. The number of nitrogens with zero attached hydrogens (tertiary/aromatic N) is 3. The van der Waals surface area contributed by atoms with E-state index in [0.717, 1.165) is 15.9 Å². The zero-order valence-corrected chi connectivity index (χ0v) is 13.4. The molecule has 3 rings (SSSR count). The van der Waals surface area contributed by atoms with Crippen LogP contribution in [0.5, 0.6) is 0 Å². The van der Waals surface area contributed by atoms with E-state index in [9.17, 15) is 4.79 Å². The van der Waals surface area contributed by atoms with Crippen molar-refractivity contribution < 1.29 is 4.79 Å². The highest BCUT2D eigenvalue weighted by Crippen LogP contribution is 2.18. The summed E-state index contributed by atoms with van der Waals surface area (Å²) in [6.45, 7) is 1.87. The predicted molar refractivity (Wildman–Crippen MR) is 88.2 cm³/mol. The van der Waals surface area contributed by atoms with Crippen molar-refractivity contribution in [2.75, 3.05) is 5.32 Å². The Morgan fingerprint density at radius 2 is 1.95 bits per heavy atom. The van der Waals surface area contributed by atoms with Gasteiger partial charge in [0.2, 0.25) is 0 Å². The standard InChI is InChI=1S/C16H13BrN4O/c1-11-15(16(22)20-13-3-2-8-18-9-13)10-19-21(11)14-6-4-12(17)5-7-14/h2-10H,1H3,(H,20,22). The van der Waals surface area contributed by atoms with E-state index in [4.69, 9.17) is 0 Å². The highest BCUT2D eigenvalue weighted by Gasteiger charge is 2.15. The first-order valence-electron chi connectivity index (χ1n) is 6.67. The Balaban J connectivity index is 1.87. The van der Waals surface area contributed by atoms with Crippen LogP contribution in [0.15, 0.2) is 59.5 Å². The molecule has 6 heteroatoms. The molecule has 0 spiro atoms. The first-order valence-corrected chi connectivity index (χ1v) is 7.46. The molecule has 0 aliphatic carbocycles. The molecule has 0 atom stereocenters. The fourth-order valence-electron chi connectivity index (χ4n) is 2.11. The quantitative estimate of drug-likeness (QED) is 0.779. The summed E-state index contributed by atoms with van der Waals surface area (Å²) in [4.78, 5) is 16.3. The van der Waals surface area contributed by atoms with Crippen molar-refractivity contribution in [1.82, 2.24) is 14.8 Å². The number of hydrogen-bond donors (Lipinski definition) is 1. The minimum absolute atomic E-state index is 0.200. The van der Waals surface area contributed by atoms with Crippen LogP contribution in [0.1, 0.15) is 16.1 Å². The average molecular weight is 357 g/mol. The number of amides is 1. The molecule has 2 aromatic heterocycles. The summed E-state index contributed by atoms with van der Waals surface area (Å²) in [5, 5.41) is 7.11. The highest BCUT2D eigenvalue weighted by molar-refractivity contribution is 9.10. The summed E-state index contributed by atoms with van der Waals surface area (Å²) in [6.07, 6.45) is 4.84. The van der Waals surface area contributed by atoms with Gasteiger partial charge in [0.25, 0.3) is 5.91 Å². The summed E-state index contributed by atoms with van der Waals surface area (Å²) < 4.78 is 2.74. The van der Waals surface area contributed by atoms with Crippen molar-refractivity contribution in [3.05, 3.63) is 70.7 Å². The van der Waals surface area contributed by atoms with Crippen LogP contribution < -0.4 is 5.32 Å². The number of pyridine rings is 1. The van der Waals surface area contributed by atoms with Crippen LogP contribution in [0.4, 0.5) is 5.69 Å². The topological polar surface area (TPSA) is 59.8 Å². The molecule has 22 heavy (non-hydrogen) atoms. The molecule has 0 bridgehead atoms. The first kappa shape index (κ1) is 14.5. The third-order valence-electron chi connectivity index (χ3n) is 3.25. The van der Waals surface area contributed by atoms with E-state index in [2.05, 4.69) is 31.3 Å². The van der Waals surface area contributed by atoms with Gasteiger partial charge in [-0.2, -0.15) is 5.10 Å². The number of rotatable bonds is 3. The Labute approximate surface area is 136 Å². The Hall–Kier alpha value is -2.47. The van der Waals surface area contributed by atoms with E-state index in [1.54, 1.807) is 35.4 Å². The molecule has 0 aliphatic heterocycles. The monoisotopic (exact) mass is 356 g/mol. The molecule has 0 fully saturated rings. The molecule has 110 valence electrons. The van der Waals surface area contributed by atoms with Crippen molar-refractivity contribution in [3.8, 4) is 5.69 Å². The molecule has 0 aliphatic rings. The highest BCUT2D eigenvalue weighted by atomic mass is 79.9. The lowest BCUT2D eigenvalue weighted by atomic mass is 10.2. The predicted octanol–water partition coefficient (Wildman–Crippen LogP) is 3.59. The number of benzene rings is 1. The van der Waals surface area contributed by atoms with E-state index >= 15 is 0 Å². The second-order valence-corrected chi connectivity index (χ2v) is 5.64. The maximum atomic E-state index is 12.3. The summed E-state index contributed by atoms with van der Waals surface area (Å²) >= 11 is 3.40. The maximum absolute atomic E-state index is 12.3. The fraction of sp³-hybridized carbons (Fsp3) is 0.0625. The van der Waals surface area contributed by atoms with Crippen LogP contribution in [0, 0.1) is 6.92 Å². The number of halogens is 1. The molecule has 3 aromatic rings. The third-order valence-corrected chi connectivity index (χ3v) is 3.77. The van der Waals surface area contributed by atoms with Gasteiger partial charge in [0, 0.05) is 10.7 Å². The fourth-order valence-corrected chi connectivity index (χ4v) is 2.37. The Morgan fingerprint density at radius 1 is 1.18 bits per heavy atom. The lowest BCUT2D eigenvalue weighted by Gasteiger charge is -2.06. The summed E-state index contributed by atoms with van der Waals surface area (Å²) in [6, 6.07) is 11.3. The molecule has 5 nitrogen and oxygen atoms in total. The van der Waals surface area contributed by atoms with E-state index in [1.807, 2.05) is 31.2 Å². The minimum Gasteiger partial charge on any atom is -0.320 e. The zero-order chi connectivity index (χ0) is 15.5. The lowest BCUT2D eigenvalue weighted by Crippen LogP contribution is -2.13. The largest absolute Gasteiger partial charge is 0.320 e. The van der Waals surface area contributed by atoms with Crippen molar-refractivity contribution in [2.45, 2.75) is 6.92 Å². The normalized spacial score (nSPS) is 10.5. The smallest absolute Gasteiger partial charge is 0.259 e. The number of nitrogens with one attached hydrogen (secondary N) is 1. The van der Waals surface area contributed by atoms with Gasteiger partial charge in [0.15, 0.2) is 0 Å². The lowest BCUT2D eigenvalue weighted by molar-refractivity contribution is 0.102. The number of carbonyl (C=O) groups is 1. The Kier molecular flexibility index (Phi) is 4.02. The van der Waals surface area contributed by atoms with E-state index in [1.165, 1.54) is 0 Å². The van der Waals surface area contributed by atoms with Gasteiger partial charge >= 0.3 is 0 Å². The summed E-state index contributed by atoms with van der Waals surface area (Å²) in [5.74, 6) is -0.200.